The minimum atomic E-state index is -0.888. The number of esters is 1. The normalized spacial score (nSPS) is 12.2. The number of aliphatic hydroxyl groups is 1. The summed E-state index contributed by atoms with van der Waals surface area (Å²) in [5.74, 6) is -0.435. The van der Waals surface area contributed by atoms with Crippen molar-refractivity contribution in [2.45, 2.75) is 19.6 Å². The smallest absolute Gasteiger partial charge is 0.374 e. The number of carbonyl (C=O) groups excluding carboxylic acids is 1. The average molecular weight is 342 g/mol. The first kappa shape index (κ1) is 17.5. The molecule has 2 aromatic rings. The SMILES string of the molecule is CCOC(=O)c1ccc(CNCC(O)c2ccc(Cl)c(F)c2)o1. The maximum atomic E-state index is 13.3. The van der Waals surface area contributed by atoms with Crippen LogP contribution in [0, 0.1) is 5.82 Å². The number of nitrogens with one attached hydrogen (secondary N) is 1. The Morgan fingerprint density at radius 1 is 1.43 bits per heavy atom. The number of hydrogen-bond donors (Lipinski definition) is 2. The molecule has 0 saturated heterocycles. The molecule has 124 valence electrons. The molecule has 0 radical (unpaired) electrons. The second kappa shape index (κ2) is 8.10. The number of benzene rings is 1. The van der Waals surface area contributed by atoms with E-state index in [1.54, 1.807) is 19.1 Å². The van der Waals surface area contributed by atoms with Crippen LogP contribution in [0.3, 0.4) is 0 Å². The van der Waals surface area contributed by atoms with Gasteiger partial charge in [0.1, 0.15) is 11.6 Å². The van der Waals surface area contributed by atoms with Crippen LogP contribution < -0.4 is 5.32 Å². The van der Waals surface area contributed by atoms with Gasteiger partial charge in [0.15, 0.2) is 0 Å². The van der Waals surface area contributed by atoms with Crippen LogP contribution in [-0.2, 0) is 11.3 Å². The molecule has 0 saturated carbocycles. The standard InChI is InChI=1S/C16H17ClFNO4/c1-2-22-16(21)15-6-4-11(23-15)8-19-9-14(20)10-3-5-12(17)13(18)7-10/h3-7,14,19-20H,2,8-9H2,1H3. The van der Waals surface area contributed by atoms with Gasteiger partial charge in [-0.3, -0.25) is 0 Å². The molecule has 7 heteroatoms. The number of rotatable bonds is 7. The van der Waals surface area contributed by atoms with Crippen LogP contribution in [0.1, 0.15) is 34.9 Å². The number of carbonyl (C=O) groups is 1. The minimum absolute atomic E-state index is 0.0102. The molecule has 1 aromatic heterocycles. The first-order valence-corrected chi connectivity index (χ1v) is 7.48. The zero-order valence-corrected chi connectivity index (χ0v) is 13.3. The van der Waals surface area contributed by atoms with E-state index in [1.807, 2.05) is 0 Å². The van der Waals surface area contributed by atoms with E-state index in [4.69, 9.17) is 20.8 Å². The van der Waals surface area contributed by atoms with Gasteiger partial charge in [0.25, 0.3) is 0 Å². The average Bonchev–Trinajstić information content (AvgIpc) is 2.99. The second-order valence-electron chi connectivity index (χ2n) is 4.81. The van der Waals surface area contributed by atoms with Gasteiger partial charge in [-0.2, -0.15) is 0 Å². The Bertz CT molecular complexity index is 674. The lowest BCUT2D eigenvalue weighted by Crippen LogP contribution is -2.21. The van der Waals surface area contributed by atoms with E-state index in [0.717, 1.165) is 0 Å². The van der Waals surface area contributed by atoms with Crippen LogP contribution in [0.5, 0.6) is 0 Å². The number of furan rings is 1. The molecule has 1 aromatic carbocycles. The Hall–Kier alpha value is -1.89. The Balaban J connectivity index is 1.84. The van der Waals surface area contributed by atoms with Crippen LogP contribution in [-0.4, -0.2) is 24.2 Å². The second-order valence-corrected chi connectivity index (χ2v) is 5.21. The van der Waals surface area contributed by atoms with Gasteiger partial charge < -0.3 is 19.6 Å². The Labute approximate surface area is 138 Å². The van der Waals surface area contributed by atoms with Gasteiger partial charge >= 0.3 is 5.97 Å². The number of halogens is 2. The summed E-state index contributed by atoms with van der Waals surface area (Å²) < 4.78 is 23.5. The monoisotopic (exact) mass is 341 g/mol. The van der Waals surface area contributed by atoms with Gasteiger partial charge in [0.05, 0.1) is 24.3 Å². The first-order chi connectivity index (χ1) is 11.0. The van der Waals surface area contributed by atoms with Gasteiger partial charge in [-0.25, -0.2) is 9.18 Å². The fraction of sp³-hybridized carbons (Fsp3) is 0.312. The molecule has 0 spiro atoms. The molecular formula is C16H17ClFNO4. The third-order valence-electron chi connectivity index (χ3n) is 3.10. The summed E-state index contributed by atoms with van der Waals surface area (Å²) >= 11 is 5.60. The van der Waals surface area contributed by atoms with Crippen LogP contribution in [0.15, 0.2) is 34.7 Å². The summed E-state index contributed by atoms with van der Waals surface area (Å²) in [6.45, 7) is 2.49. The zero-order valence-electron chi connectivity index (χ0n) is 12.5. The molecule has 0 amide bonds. The lowest BCUT2D eigenvalue weighted by atomic mass is 10.1. The summed E-state index contributed by atoms with van der Waals surface area (Å²) in [7, 11) is 0. The van der Waals surface area contributed by atoms with Crippen LogP contribution >= 0.6 is 11.6 Å². The largest absolute Gasteiger partial charge is 0.460 e. The molecule has 5 nitrogen and oxygen atoms in total. The predicted octanol–water partition coefficient (Wildman–Crippen LogP) is 3.07. The van der Waals surface area contributed by atoms with E-state index in [9.17, 15) is 14.3 Å². The quantitative estimate of drug-likeness (QED) is 0.757. The highest BCUT2D eigenvalue weighted by Gasteiger charge is 2.13. The van der Waals surface area contributed by atoms with E-state index in [0.29, 0.717) is 17.9 Å². The highest BCUT2D eigenvalue weighted by molar-refractivity contribution is 6.30. The molecule has 0 aliphatic carbocycles. The van der Waals surface area contributed by atoms with Crippen molar-refractivity contribution in [2.24, 2.45) is 0 Å². The van der Waals surface area contributed by atoms with Crippen LogP contribution in [0.2, 0.25) is 5.02 Å². The van der Waals surface area contributed by atoms with E-state index < -0.39 is 17.9 Å². The van der Waals surface area contributed by atoms with Crippen molar-refractivity contribution in [3.63, 3.8) is 0 Å². The van der Waals surface area contributed by atoms with Gasteiger partial charge in [-0.05, 0) is 36.8 Å². The zero-order chi connectivity index (χ0) is 16.8. The van der Waals surface area contributed by atoms with Gasteiger partial charge in [-0.15, -0.1) is 0 Å². The van der Waals surface area contributed by atoms with E-state index >= 15 is 0 Å². The molecular weight excluding hydrogens is 325 g/mol. The van der Waals surface area contributed by atoms with E-state index in [1.165, 1.54) is 18.2 Å². The highest BCUT2D eigenvalue weighted by atomic mass is 35.5. The fourth-order valence-electron chi connectivity index (χ4n) is 1.95. The van der Waals surface area contributed by atoms with Crippen molar-refractivity contribution in [1.82, 2.24) is 5.32 Å². The van der Waals surface area contributed by atoms with Crippen molar-refractivity contribution in [1.29, 1.82) is 0 Å². The molecule has 1 heterocycles. The maximum Gasteiger partial charge on any atom is 0.374 e. The lowest BCUT2D eigenvalue weighted by molar-refractivity contribution is 0.0487. The molecule has 2 rings (SSSR count). The number of aliphatic hydroxyl groups excluding tert-OH is 1. The molecule has 1 atom stereocenters. The fourth-order valence-corrected chi connectivity index (χ4v) is 2.07. The van der Waals surface area contributed by atoms with Crippen molar-refractivity contribution in [2.75, 3.05) is 13.2 Å². The summed E-state index contributed by atoms with van der Waals surface area (Å²) in [6.07, 6.45) is -0.888. The molecule has 0 bridgehead atoms. The van der Waals surface area contributed by atoms with Gasteiger partial charge in [0.2, 0.25) is 5.76 Å². The number of hydrogen-bond acceptors (Lipinski definition) is 5. The molecule has 0 aliphatic heterocycles. The van der Waals surface area contributed by atoms with E-state index in [2.05, 4.69) is 5.32 Å². The van der Waals surface area contributed by atoms with Crippen molar-refractivity contribution in [3.8, 4) is 0 Å². The van der Waals surface area contributed by atoms with Gasteiger partial charge in [-0.1, -0.05) is 17.7 Å². The van der Waals surface area contributed by atoms with Crippen LogP contribution in [0.4, 0.5) is 4.39 Å². The predicted molar refractivity (Wildman–Crippen MR) is 82.7 cm³/mol. The summed E-state index contributed by atoms with van der Waals surface area (Å²) in [6, 6.07) is 7.32. The molecule has 23 heavy (non-hydrogen) atoms. The third kappa shape index (κ3) is 4.79. The summed E-state index contributed by atoms with van der Waals surface area (Å²) in [5, 5.41) is 13.0. The Morgan fingerprint density at radius 2 is 2.22 bits per heavy atom. The maximum absolute atomic E-state index is 13.3. The molecule has 0 fully saturated rings. The number of ether oxygens (including phenoxy) is 1. The van der Waals surface area contributed by atoms with Crippen molar-refractivity contribution < 1.29 is 23.4 Å². The first-order valence-electron chi connectivity index (χ1n) is 7.10. The molecule has 2 N–H and O–H groups in total. The minimum Gasteiger partial charge on any atom is -0.460 e. The van der Waals surface area contributed by atoms with Gasteiger partial charge in [0, 0.05) is 6.54 Å². The van der Waals surface area contributed by atoms with E-state index in [-0.39, 0.29) is 23.9 Å². The summed E-state index contributed by atoms with van der Waals surface area (Å²) in [5.41, 5.74) is 0.422. The topological polar surface area (TPSA) is 71.7 Å². The third-order valence-corrected chi connectivity index (χ3v) is 3.41. The highest BCUT2D eigenvalue weighted by Crippen LogP contribution is 2.20. The van der Waals surface area contributed by atoms with Crippen molar-refractivity contribution in [3.05, 3.63) is 58.3 Å². The Kier molecular flexibility index (Phi) is 6.15. The molecule has 1 unspecified atom stereocenters. The lowest BCUT2D eigenvalue weighted by Gasteiger charge is -2.12. The summed E-state index contributed by atoms with van der Waals surface area (Å²) in [4.78, 5) is 11.5. The van der Waals surface area contributed by atoms with Crippen LogP contribution in [0.25, 0.3) is 0 Å². The molecule has 0 aliphatic rings. The van der Waals surface area contributed by atoms with Crippen molar-refractivity contribution >= 4 is 17.6 Å². The Morgan fingerprint density at radius 3 is 2.91 bits per heavy atom.